The SMILES string of the molecule is COc1ccc(CNC(C(=O)N[C@@H](C(=O)NCCc2ccc(O)cc2)C(C)C)C(O)C(Cc2ccccc2)NC(=O)C(NC(=O)OCc2ccccc2)C(C)C)cc1. The first-order valence-corrected chi connectivity index (χ1v) is 19.6. The van der Waals surface area contributed by atoms with Crippen LogP contribution in [0.15, 0.2) is 109 Å². The number of aliphatic hydroxyl groups is 1. The monoisotopic (exact) mass is 795 g/mol. The molecule has 4 amide bonds. The number of carbonyl (C=O) groups is 4. The molecular weight excluding hydrogens is 739 g/mol. The lowest BCUT2D eigenvalue weighted by molar-refractivity contribution is -0.133. The van der Waals surface area contributed by atoms with E-state index in [1.165, 1.54) is 0 Å². The first kappa shape index (κ1) is 44.8. The first-order chi connectivity index (χ1) is 27.8. The molecule has 13 heteroatoms. The van der Waals surface area contributed by atoms with E-state index in [1.807, 2.05) is 86.6 Å². The van der Waals surface area contributed by atoms with E-state index in [0.717, 1.165) is 22.3 Å². The highest BCUT2D eigenvalue weighted by Crippen LogP contribution is 2.16. The van der Waals surface area contributed by atoms with Crippen LogP contribution < -0.4 is 31.3 Å². The number of phenolic OH excluding ortho intramolecular Hbond substituents is 1. The molecule has 0 saturated heterocycles. The van der Waals surface area contributed by atoms with Gasteiger partial charge in [0.05, 0.1) is 19.3 Å². The van der Waals surface area contributed by atoms with E-state index in [1.54, 1.807) is 57.4 Å². The van der Waals surface area contributed by atoms with Gasteiger partial charge in [-0.1, -0.05) is 113 Å². The smallest absolute Gasteiger partial charge is 0.408 e. The second kappa shape index (κ2) is 22.7. The number of aromatic hydroxyl groups is 1. The highest BCUT2D eigenvalue weighted by Gasteiger charge is 2.38. The van der Waals surface area contributed by atoms with Crippen LogP contribution in [0.25, 0.3) is 0 Å². The lowest BCUT2D eigenvalue weighted by Gasteiger charge is -2.33. The Morgan fingerprint density at radius 1 is 0.621 bits per heavy atom. The highest BCUT2D eigenvalue weighted by atomic mass is 16.5. The minimum absolute atomic E-state index is 0.0128. The van der Waals surface area contributed by atoms with Crippen molar-refractivity contribution in [3.63, 3.8) is 0 Å². The molecular formula is C45H57N5O8. The molecule has 0 aliphatic rings. The Hall–Kier alpha value is -5.92. The summed E-state index contributed by atoms with van der Waals surface area (Å²) in [4.78, 5) is 54.7. The topological polar surface area (TPSA) is 187 Å². The molecule has 0 spiro atoms. The number of amides is 4. The number of phenols is 1. The Labute approximate surface area is 340 Å². The van der Waals surface area contributed by atoms with E-state index in [4.69, 9.17) is 9.47 Å². The molecule has 0 saturated carbocycles. The van der Waals surface area contributed by atoms with Crippen molar-refractivity contribution >= 4 is 23.8 Å². The van der Waals surface area contributed by atoms with Gasteiger partial charge in [0, 0.05) is 13.1 Å². The maximum Gasteiger partial charge on any atom is 0.408 e. The van der Waals surface area contributed by atoms with Crippen molar-refractivity contribution in [3.8, 4) is 11.5 Å². The van der Waals surface area contributed by atoms with E-state index in [9.17, 15) is 29.4 Å². The Bertz CT molecular complexity index is 1880. The van der Waals surface area contributed by atoms with Crippen molar-refractivity contribution in [2.75, 3.05) is 13.7 Å². The molecule has 0 aromatic heterocycles. The molecule has 310 valence electrons. The summed E-state index contributed by atoms with van der Waals surface area (Å²) in [5.74, 6) is -1.52. The van der Waals surface area contributed by atoms with Crippen LogP contribution >= 0.6 is 0 Å². The maximum absolute atomic E-state index is 14.3. The minimum atomic E-state index is -1.52. The van der Waals surface area contributed by atoms with Gasteiger partial charge in [0.25, 0.3) is 0 Å². The zero-order valence-electron chi connectivity index (χ0n) is 33.8. The second-order valence-electron chi connectivity index (χ2n) is 14.9. The van der Waals surface area contributed by atoms with Gasteiger partial charge in [-0.05, 0) is 71.2 Å². The standard InChI is InChI=1S/C45H57N5O8/c1-29(2)38(42(53)46-25-24-31-16-20-35(51)21-17-31)49-44(55)40(47-27-33-18-22-36(57-5)23-19-33)41(52)37(26-32-12-8-6-9-13-32)48-43(54)39(30(3)4)50-45(56)58-28-34-14-10-7-11-15-34/h6-23,29-30,37-41,47,51-52H,24-28H2,1-5H3,(H,46,53)(H,48,54)(H,49,55)(H,50,56)/t37?,38-,39?,40?,41?/m1/s1. The summed E-state index contributed by atoms with van der Waals surface area (Å²) >= 11 is 0. The number of hydrogen-bond donors (Lipinski definition) is 7. The molecule has 0 radical (unpaired) electrons. The summed E-state index contributed by atoms with van der Waals surface area (Å²) in [6.07, 6.45) is -1.66. The number of benzene rings is 4. The lowest BCUT2D eigenvalue weighted by atomic mass is 9.93. The fourth-order valence-electron chi connectivity index (χ4n) is 6.28. The number of ether oxygens (including phenoxy) is 2. The summed E-state index contributed by atoms with van der Waals surface area (Å²) in [5, 5.41) is 36.3. The van der Waals surface area contributed by atoms with Crippen LogP contribution in [0, 0.1) is 11.8 Å². The summed E-state index contributed by atoms with van der Waals surface area (Å²) in [5.41, 5.74) is 3.28. The number of aliphatic hydroxyl groups excluding tert-OH is 1. The van der Waals surface area contributed by atoms with Crippen molar-refractivity contribution in [1.29, 1.82) is 0 Å². The molecule has 0 bridgehead atoms. The normalized spacial score (nSPS) is 13.7. The Balaban J connectivity index is 1.56. The molecule has 4 aromatic carbocycles. The van der Waals surface area contributed by atoms with Gasteiger partial charge < -0.3 is 41.0 Å². The van der Waals surface area contributed by atoms with Gasteiger partial charge in [-0.3, -0.25) is 19.7 Å². The van der Waals surface area contributed by atoms with Crippen LogP contribution in [0.3, 0.4) is 0 Å². The minimum Gasteiger partial charge on any atom is -0.508 e. The third-order valence-corrected chi connectivity index (χ3v) is 9.68. The lowest BCUT2D eigenvalue weighted by Crippen LogP contribution is -2.63. The van der Waals surface area contributed by atoms with Gasteiger partial charge >= 0.3 is 6.09 Å². The summed E-state index contributed by atoms with van der Waals surface area (Å²) < 4.78 is 10.7. The second-order valence-corrected chi connectivity index (χ2v) is 14.9. The molecule has 5 atom stereocenters. The number of rotatable bonds is 21. The van der Waals surface area contributed by atoms with E-state index < -0.39 is 54.1 Å². The Morgan fingerprint density at radius 3 is 1.76 bits per heavy atom. The number of nitrogens with one attached hydrogen (secondary N) is 5. The number of hydrogen-bond acceptors (Lipinski definition) is 9. The van der Waals surface area contributed by atoms with Gasteiger partial charge in [0.2, 0.25) is 17.7 Å². The molecule has 0 heterocycles. The van der Waals surface area contributed by atoms with Gasteiger partial charge in [-0.2, -0.15) is 0 Å². The zero-order valence-corrected chi connectivity index (χ0v) is 33.8. The molecule has 4 unspecified atom stereocenters. The summed E-state index contributed by atoms with van der Waals surface area (Å²) in [6.45, 7) is 7.63. The van der Waals surface area contributed by atoms with Crippen molar-refractivity contribution in [3.05, 3.63) is 131 Å². The van der Waals surface area contributed by atoms with Crippen molar-refractivity contribution in [2.24, 2.45) is 11.8 Å². The van der Waals surface area contributed by atoms with Crippen molar-refractivity contribution < 1.29 is 38.9 Å². The van der Waals surface area contributed by atoms with Crippen LogP contribution in [0.2, 0.25) is 0 Å². The van der Waals surface area contributed by atoms with Crippen LogP contribution in [-0.4, -0.2) is 78.0 Å². The molecule has 13 nitrogen and oxygen atoms in total. The average Bonchev–Trinajstić information content (AvgIpc) is 3.22. The average molecular weight is 796 g/mol. The van der Waals surface area contributed by atoms with Crippen LogP contribution in [0.1, 0.15) is 49.9 Å². The predicted octanol–water partition coefficient (Wildman–Crippen LogP) is 4.40. The van der Waals surface area contributed by atoms with Crippen molar-refractivity contribution in [2.45, 2.75) is 84.0 Å². The van der Waals surface area contributed by atoms with Crippen molar-refractivity contribution in [1.82, 2.24) is 26.6 Å². The first-order valence-electron chi connectivity index (χ1n) is 19.6. The van der Waals surface area contributed by atoms with E-state index in [-0.39, 0.29) is 37.2 Å². The Kier molecular flexibility index (Phi) is 17.6. The fraction of sp³-hybridized carbons (Fsp3) is 0.378. The number of alkyl carbamates (subject to hydrolysis) is 1. The van der Waals surface area contributed by atoms with E-state index >= 15 is 0 Å². The van der Waals surface area contributed by atoms with Crippen LogP contribution in [0.4, 0.5) is 4.79 Å². The van der Waals surface area contributed by atoms with Gasteiger partial charge in [-0.15, -0.1) is 0 Å². The molecule has 0 aliphatic heterocycles. The van der Waals surface area contributed by atoms with E-state index in [2.05, 4.69) is 26.6 Å². The quantitative estimate of drug-likeness (QED) is 0.0642. The summed E-state index contributed by atoms with van der Waals surface area (Å²) in [7, 11) is 1.56. The molecule has 0 fully saturated rings. The molecule has 7 N–H and O–H groups in total. The van der Waals surface area contributed by atoms with Gasteiger partial charge in [0.1, 0.15) is 36.2 Å². The predicted molar refractivity (Wildman–Crippen MR) is 222 cm³/mol. The highest BCUT2D eigenvalue weighted by molar-refractivity contribution is 5.90. The third kappa shape index (κ3) is 14.2. The van der Waals surface area contributed by atoms with E-state index in [0.29, 0.717) is 18.7 Å². The zero-order chi connectivity index (χ0) is 42.0. The van der Waals surface area contributed by atoms with Crippen LogP contribution in [0.5, 0.6) is 11.5 Å². The molecule has 4 aromatic rings. The number of methoxy groups -OCH3 is 1. The summed E-state index contributed by atoms with van der Waals surface area (Å²) in [6, 6.07) is 27.9. The number of carbonyl (C=O) groups excluding carboxylic acids is 4. The van der Waals surface area contributed by atoms with Gasteiger partial charge in [-0.25, -0.2) is 4.79 Å². The Morgan fingerprint density at radius 2 is 1.17 bits per heavy atom. The molecule has 4 rings (SSSR count). The molecule has 0 aliphatic carbocycles. The molecule has 58 heavy (non-hydrogen) atoms. The van der Waals surface area contributed by atoms with Crippen LogP contribution in [-0.2, 0) is 45.1 Å². The largest absolute Gasteiger partial charge is 0.508 e. The third-order valence-electron chi connectivity index (χ3n) is 9.68. The van der Waals surface area contributed by atoms with Gasteiger partial charge in [0.15, 0.2) is 0 Å². The maximum atomic E-state index is 14.3. The fourth-order valence-corrected chi connectivity index (χ4v) is 6.28.